The van der Waals surface area contributed by atoms with Crippen LogP contribution in [0.1, 0.15) is 29.5 Å². The van der Waals surface area contributed by atoms with Gasteiger partial charge in [0.15, 0.2) is 0 Å². The standard InChI is InChI=1S/C27H25O/c1-28-24-19-17-23(18-20-24)26(15-7-11-21-9-3-2-4-10-21)27-16-8-13-22-12-5-6-14-25(22)27/h2-6,8-10,12-14,16-20H,7,11,15H2,1H3. The van der Waals surface area contributed by atoms with Crippen LogP contribution in [0.15, 0.2) is 97.1 Å². The molecule has 0 atom stereocenters. The monoisotopic (exact) mass is 365 g/mol. The lowest BCUT2D eigenvalue weighted by Crippen LogP contribution is -2.04. The predicted octanol–water partition coefficient (Wildman–Crippen LogP) is 6.84. The number of aryl methyl sites for hydroxylation is 1. The molecular formula is C27H25O. The van der Waals surface area contributed by atoms with Crippen molar-refractivity contribution in [3.8, 4) is 5.75 Å². The Morgan fingerprint density at radius 3 is 2.21 bits per heavy atom. The number of hydrogen-bond acceptors (Lipinski definition) is 1. The molecule has 0 heterocycles. The summed E-state index contributed by atoms with van der Waals surface area (Å²) >= 11 is 0. The van der Waals surface area contributed by atoms with Gasteiger partial charge in [0.1, 0.15) is 5.75 Å². The van der Waals surface area contributed by atoms with Crippen LogP contribution in [0, 0.1) is 5.92 Å². The van der Waals surface area contributed by atoms with Crippen molar-refractivity contribution in [2.24, 2.45) is 0 Å². The summed E-state index contributed by atoms with van der Waals surface area (Å²) in [7, 11) is 1.71. The van der Waals surface area contributed by atoms with Crippen LogP contribution in [0.4, 0.5) is 0 Å². The summed E-state index contributed by atoms with van der Waals surface area (Å²) < 4.78 is 5.35. The Kier molecular flexibility index (Phi) is 5.72. The molecule has 0 saturated carbocycles. The molecule has 0 aliphatic rings. The van der Waals surface area contributed by atoms with E-state index in [2.05, 4.69) is 97.1 Å². The Morgan fingerprint density at radius 1 is 0.714 bits per heavy atom. The van der Waals surface area contributed by atoms with E-state index in [1.54, 1.807) is 7.11 Å². The maximum atomic E-state index is 5.35. The van der Waals surface area contributed by atoms with Crippen molar-refractivity contribution >= 4 is 10.8 Å². The average Bonchev–Trinajstić information content (AvgIpc) is 2.77. The van der Waals surface area contributed by atoms with Gasteiger partial charge < -0.3 is 4.74 Å². The summed E-state index contributed by atoms with van der Waals surface area (Å²) in [6.45, 7) is 0. The Balaban J connectivity index is 1.66. The van der Waals surface area contributed by atoms with Crippen LogP contribution >= 0.6 is 0 Å². The molecule has 0 saturated heterocycles. The van der Waals surface area contributed by atoms with E-state index in [4.69, 9.17) is 4.74 Å². The van der Waals surface area contributed by atoms with Gasteiger partial charge in [-0.1, -0.05) is 84.9 Å². The highest BCUT2D eigenvalue weighted by molar-refractivity contribution is 5.88. The molecular weight excluding hydrogens is 340 g/mol. The molecule has 0 aliphatic carbocycles. The van der Waals surface area contributed by atoms with Gasteiger partial charge in [0.25, 0.3) is 0 Å². The summed E-state index contributed by atoms with van der Waals surface area (Å²) in [5.41, 5.74) is 4.00. The third-order valence-electron chi connectivity index (χ3n) is 5.29. The summed E-state index contributed by atoms with van der Waals surface area (Å²) in [5.74, 6) is 2.29. The van der Waals surface area contributed by atoms with Gasteiger partial charge in [0.2, 0.25) is 0 Å². The Bertz CT molecular complexity index is 1010. The van der Waals surface area contributed by atoms with Gasteiger partial charge in [0.05, 0.1) is 7.11 Å². The van der Waals surface area contributed by atoms with Gasteiger partial charge >= 0.3 is 0 Å². The third-order valence-corrected chi connectivity index (χ3v) is 5.29. The minimum Gasteiger partial charge on any atom is -0.497 e. The van der Waals surface area contributed by atoms with E-state index in [0.29, 0.717) is 0 Å². The largest absolute Gasteiger partial charge is 0.497 e. The summed E-state index contributed by atoms with van der Waals surface area (Å²) in [6.07, 6.45) is 3.25. The van der Waals surface area contributed by atoms with Crippen molar-refractivity contribution in [1.82, 2.24) is 0 Å². The topological polar surface area (TPSA) is 9.23 Å². The highest BCUT2D eigenvalue weighted by atomic mass is 16.5. The Labute approximate surface area is 167 Å². The highest BCUT2D eigenvalue weighted by Crippen LogP contribution is 2.34. The van der Waals surface area contributed by atoms with Crippen LogP contribution in [0.2, 0.25) is 0 Å². The fraction of sp³-hybridized carbons (Fsp3) is 0.148. The number of benzene rings is 4. The second-order valence-corrected chi connectivity index (χ2v) is 7.07. The van der Waals surface area contributed by atoms with E-state index in [0.717, 1.165) is 25.0 Å². The molecule has 0 aromatic heterocycles. The number of hydrogen-bond donors (Lipinski definition) is 0. The Morgan fingerprint density at radius 2 is 1.43 bits per heavy atom. The van der Waals surface area contributed by atoms with Crippen molar-refractivity contribution in [3.63, 3.8) is 0 Å². The summed E-state index contributed by atoms with van der Waals surface area (Å²) in [5, 5.41) is 2.60. The first kappa shape index (κ1) is 18.3. The minimum absolute atomic E-state index is 0.894. The van der Waals surface area contributed by atoms with Crippen LogP contribution < -0.4 is 4.74 Å². The molecule has 4 aromatic rings. The van der Waals surface area contributed by atoms with Gasteiger partial charge in [-0.2, -0.15) is 0 Å². The first-order valence-corrected chi connectivity index (χ1v) is 9.87. The predicted molar refractivity (Wildman–Crippen MR) is 118 cm³/mol. The zero-order valence-electron chi connectivity index (χ0n) is 16.3. The van der Waals surface area contributed by atoms with E-state index in [9.17, 15) is 0 Å². The Hall–Kier alpha value is -3.06. The van der Waals surface area contributed by atoms with Crippen LogP contribution in [-0.4, -0.2) is 7.11 Å². The summed E-state index contributed by atoms with van der Waals surface area (Å²) in [6, 6.07) is 34.5. The summed E-state index contributed by atoms with van der Waals surface area (Å²) in [4.78, 5) is 0. The molecule has 0 amide bonds. The van der Waals surface area contributed by atoms with Crippen LogP contribution in [0.5, 0.6) is 5.75 Å². The number of rotatable bonds is 7. The van der Waals surface area contributed by atoms with Crippen LogP contribution in [0.3, 0.4) is 0 Å². The van der Waals surface area contributed by atoms with E-state index >= 15 is 0 Å². The molecule has 0 N–H and O–H groups in total. The first-order chi connectivity index (χ1) is 13.8. The smallest absolute Gasteiger partial charge is 0.118 e. The number of methoxy groups -OCH3 is 1. The van der Waals surface area contributed by atoms with Crippen molar-refractivity contribution in [3.05, 3.63) is 120 Å². The second-order valence-electron chi connectivity index (χ2n) is 7.07. The molecule has 0 bridgehead atoms. The lowest BCUT2D eigenvalue weighted by atomic mass is 9.84. The molecule has 0 unspecified atom stereocenters. The maximum Gasteiger partial charge on any atom is 0.118 e. The minimum atomic E-state index is 0.894. The molecule has 0 fully saturated rings. The van der Waals surface area contributed by atoms with Crippen LogP contribution in [-0.2, 0) is 6.42 Å². The SMILES string of the molecule is COc1ccc([C](CCCc2ccccc2)c2cccc3ccccc23)cc1. The van der Waals surface area contributed by atoms with Crippen molar-refractivity contribution in [1.29, 1.82) is 0 Å². The van der Waals surface area contributed by atoms with E-state index in [1.807, 2.05) is 0 Å². The van der Waals surface area contributed by atoms with Gasteiger partial charge in [-0.05, 0) is 58.9 Å². The van der Waals surface area contributed by atoms with Gasteiger partial charge in [0, 0.05) is 5.92 Å². The van der Waals surface area contributed by atoms with Gasteiger partial charge in [-0.15, -0.1) is 0 Å². The van der Waals surface area contributed by atoms with Crippen LogP contribution in [0.25, 0.3) is 10.8 Å². The fourth-order valence-electron chi connectivity index (χ4n) is 3.83. The second kappa shape index (κ2) is 8.75. The molecule has 28 heavy (non-hydrogen) atoms. The molecule has 0 aliphatic heterocycles. The van der Waals surface area contributed by atoms with Gasteiger partial charge in [-0.25, -0.2) is 0 Å². The highest BCUT2D eigenvalue weighted by Gasteiger charge is 2.17. The van der Waals surface area contributed by atoms with E-state index in [1.165, 1.54) is 33.4 Å². The van der Waals surface area contributed by atoms with E-state index < -0.39 is 0 Å². The zero-order chi connectivity index (χ0) is 19.2. The molecule has 1 radical (unpaired) electrons. The first-order valence-electron chi connectivity index (χ1n) is 9.87. The molecule has 139 valence electrons. The molecule has 1 nitrogen and oxygen atoms in total. The van der Waals surface area contributed by atoms with Crippen molar-refractivity contribution < 1.29 is 4.74 Å². The van der Waals surface area contributed by atoms with E-state index in [-0.39, 0.29) is 0 Å². The number of fused-ring (bicyclic) bond motifs is 1. The quantitative estimate of drug-likeness (QED) is 0.348. The zero-order valence-corrected chi connectivity index (χ0v) is 16.3. The maximum absolute atomic E-state index is 5.35. The molecule has 0 spiro atoms. The molecule has 1 heteroatoms. The van der Waals surface area contributed by atoms with Crippen molar-refractivity contribution in [2.45, 2.75) is 19.3 Å². The van der Waals surface area contributed by atoms with Gasteiger partial charge in [-0.3, -0.25) is 0 Å². The fourth-order valence-corrected chi connectivity index (χ4v) is 3.83. The average molecular weight is 365 g/mol. The molecule has 4 aromatic carbocycles. The normalized spacial score (nSPS) is 11.1. The lowest BCUT2D eigenvalue weighted by molar-refractivity contribution is 0.414. The van der Waals surface area contributed by atoms with Crippen molar-refractivity contribution in [2.75, 3.05) is 7.11 Å². The third kappa shape index (κ3) is 4.09. The number of ether oxygens (including phenoxy) is 1. The lowest BCUT2D eigenvalue weighted by Gasteiger charge is -2.20. The molecule has 4 rings (SSSR count).